The number of ether oxygens (including phenoxy) is 4. The molecule has 5 N–H and O–H groups in total. The molecule has 21 heteroatoms. The number of carbonyl (C=O) groups excluding carboxylic acids is 8. The van der Waals surface area contributed by atoms with Crippen LogP contribution < -0.4 is 16.0 Å². The van der Waals surface area contributed by atoms with Gasteiger partial charge in [0.25, 0.3) is 6.92 Å². The van der Waals surface area contributed by atoms with Gasteiger partial charge in [0.1, 0.15) is 6.54 Å². The molecule has 0 radical (unpaired) electrons. The summed E-state index contributed by atoms with van der Waals surface area (Å²) < 4.78 is 22.3. The molecule has 0 saturated carbocycles. The quantitative estimate of drug-likeness (QED) is 0.0452. The fourth-order valence-corrected chi connectivity index (χ4v) is 12.7. The van der Waals surface area contributed by atoms with E-state index in [1.165, 1.54) is 25.2 Å². The van der Waals surface area contributed by atoms with Crippen molar-refractivity contribution in [2.24, 2.45) is 53.1 Å². The highest BCUT2D eigenvalue weighted by Gasteiger charge is 2.63. The van der Waals surface area contributed by atoms with E-state index in [1.807, 2.05) is 116 Å². The smallest absolute Gasteiger partial charge is 0.282 e. The first-order valence-corrected chi connectivity index (χ1v) is 27.1. The Hall–Kier alpha value is -6.88. The molecular weight excluding hydrogens is 1050 g/mol. The number of imide groups is 4. The molecule has 82 heavy (non-hydrogen) atoms. The van der Waals surface area contributed by atoms with E-state index in [9.17, 15) is 38.4 Å². The van der Waals surface area contributed by atoms with Gasteiger partial charge < -0.3 is 29.3 Å². The average Bonchev–Trinajstić information content (AvgIpc) is 4.44. The van der Waals surface area contributed by atoms with Gasteiger partial charge in [-0.15, -0.1) is 0 Å². The summed E-state index contributed by atoms with van der Waals surface area (Å²) in [7, 11) is 0. The van der Waals surface area contributed by atoms with Crippen molar-refractivity contribution in [3.63, 3.8) is 0 Å². The molecular formula is C61H82BN7O13+2. The number of hydrogen-bond acceptors (Lipinski definition) is 14. The summed E-state index contributed by atoms with van der Waals surface area (Å²) in [5, 5.41) is 11.3. The van der Waals surface area contributed by atoms with Gasteiger partial charge in [0.2, 0.25) is 53.1 Å². The van der Waals surface area contributed by atoms with E-state index in [1.54, 1.807) is 20.6 Å². The Morgan fingerprint density at radius 3 is 1.09 bits per heavy atom. The first-order valence-electron chi connectivity index (χ1n) is 27.1. The maximum Gasteiger partial charge on any atom is 0.282 e. The summed E-state index contributed by atoms with van der Waals surface area (Å²) in [5.74, 6) is -2.33. The number of rotatable bonds is 12. The van der Waals surface area contributed by atoms with Gasteiger partial charge in [0.05, 0.1) is 109 Å². The molecule has 14 rings (SSSR count). The Balaban J connectivity index is 0.000000170. The Morgan fingerprint density at radius 2 is 0.780 bits per heavy atom. The van der Waals surface area contributed by atoms with Gasteiger partial charge in [-0.25, -0.2) is 0 Å². The highest BCUT2D eigenvalue weighted by molar-refractivity contribution is 6.46. The van der Waals surface area contributed by atoms with Crippen molar-refractivity contribution in [1.82, 2.24) is 24.9 Å². The number of fused-ring (bicyclic) bond motifs is 20. The van der Waals surface area contributed by atoms with Crippen LogP contribution in [0.4, 0.5) is 0 Å². The molecule has 8 bridgehead atoms. The second kappa shape index (κ2) is 27.0. The van der Waals surface area contributed by atoms with Gasteiger partial charge in [-0.2, -0.15) is 0 Å². The standard InChI is InChI=1S/C17H18N2O3.C15H13NO3.C12H15N3O3.C11H13NO3.C2H7BO.3CH4.CH3/c20-16-14-12-6-7-13(22-12)15(14)17(21)19(16)9-8-18-10-11-4-2-1-3-5-11;17-14-12-10-6-7-11(19-10)13(12)15(18)16(14)8-9-4-2-1-3-5-9;1-6(13)14-4-5-15-11(16)9-7-2-3-8(18-7)10(9)12(15)17;1-2-5-12-10(13)8-6-3-4-7(15-6)9(8)11(12)14;1-3(2)4;;;;/h1-7,12-15,18H,8-10H2;1-7,10-13H,8H2;2-3,7-10H,4-5H2,1H3,(H2,13,14);3-4,6-9H,2,5H2,1H3;4H,1-2H3;3*1H4;1H3/q;;;;;;;;+1/p+1. The molecule has 16 atom stereocenters. The lowest BCUT2D eigenvalue weighted by molar-refractivity contribution is -0.458. The van der Waals surface area contributed by atoms with E-state index in [0.29, 0.717) is 45.1 Å². The lowest BCUT2D eigenvalue weighted by atomic mass is 9.76. The molecule has 0 spiro atoms. The Labute approximate surface area is 482 Å². The van der Waals surface area contributed by atoms with Crippen molar-refractivity contribution < 1.29 is 67.3 Å². The zero-order valence-electron chi connectivity index (χ0n) is 45.1. The number of carbonyl (C=O) groups is 8. The molecule has 440 valence electrons. The first kappa shape index (κ1) is 64.3. The van der Waals surface area contributed by atoms with Gasteiger partial charge in [-0.05, 0) is 17.5 Å². The van der Waals surface area contributed by atoms with E-state index < -0.39 is 0 Å². The monoisotopic (exact) mass is 1130 g/mol. The summed E-state index contributed by atoms with van der Waals surface area (Å²) >= 11 is 0. The van der Waals surface area contributed by atoms with Crippen LogP contribution in [-0.2, 0) is 70.4 Å². The van der Waals surface area contributed by atoms with E-state index in [-0.39, 0.29) is 180 Å². The third-order valence-corrected chi connectivity index (χ3v) is 16.1. The van der Waals surface area contributed by atoms with Gasteiger partial charge in [0.15, 0.2) is 0 Å². The predicted molar refractivity (Wildman–Crippen MR) is 307 cm³/mol. The molecule has 2 aromatic carbocycles. The summed E-state index contributed by atoms with van der Waals surface area (Å²) in [5.41, 5.74) is 7.65. The number of benzene rings is 2. The lowest BCUT2D eigenvalue weighted by Gasteiger charge is -2.17. The fourth-order valence-electron chi connectivity index (χ4n) is 12.7. The second-order valence-electron chi connectivity index (χ2n) is 21.6. The van der Waals surface area contributed by atoms with Crippen LogP contribution in [0.5, 0.6) is 0 Å². The fraction of sp³-hybridized carbons (Fsp3) is 0.508. The van der Waals surface area contributed by atoms with Crippen LogP contribution in [0.1, 0.15) is 53.7 Å². The number of amidine groups is 1. The normalized spacial score (nSPS) is 33.1. The molecule has 12 aliphatic rings. The second-order valence-corrected chi connectivity index (χ2v) is 21.6. The van der Waals surface area contributed by atoms with Gasteiger partial charge in [-0.1, -0.05) is 152 Å². The molecule has 8 fully saturated rings. The average molecular weight is 1130 g/mol. The molecule has 20 nitrogen and oxygen atoms in total. The highest BCUT2D eigenvalue weighted by atomic mass is 16.5. The largest absolute Gasteiger partial charge is 0.451 e. The SMILES string of the molecule is C.C.C.CB(C)O.CC(N)=[NH+]CCN1C(=O)C2C3C=CC(O3)C2C1=O.CCCN1C(=O)C2C3C=CC(O3)C2C1=O.O=C1C2C3C=CC(O3)C2C(=O)N1CCNCc1ccccc1.O=C1C2C3C=CC(O3)C2C(=O)N1Cc1ccccc1.[CH3+]. The van der Waals surface area contributed by atoms with Crippen molar-refractivity contribution in [2.75, 3.05) is 32.7 Å². The number of hydrogen-bond donors (Lipinski definition) is 4. The van der Waals surface area contributed by atoms with Crippen LogP contribution in [0.3, 0.4) is 0 Å². The minimum atomic E-state index is -0.310. The number of nitrogens with one attached hydrogen (secondary N) is 2. The van der Waals surface area contributed by atoms with Gasteiger partial charge in [0, 0.05) is 40.5 Å². The predicted octanol–water partition coefficient (Wildman–Crippen LogP) is 2.15. The maximum absolute atomic E-state index is 12.4. The third kappa shape index (κ3) is 12.1. The van der Waals surface area contributed by atoms with Crippen LogP contribution in [0.25, 0.3) is 0 Å². The van der Waals surface area contributed by atoms with E-state index in [0.717, 1.165) is 18.5 Å². The maximum atomic E-state index is 12.4. The van der Waals surface area contributed by atoms with Crippen LogP contribution in [0, 0.1) is 54.8 Å². The summed E-state index contributed by atoms with van der Waals surface area (Å²) in [6.45, 7) is 10.5. The number of amides is 8. The van der Waals surface area contributed by atoms with Crippen LogP contribution >= 0.6 is 0 Å². The zero-order chi connectivity index (χ0) is 55.1. The first-order chi connectivity index (χ1) is 37.6. The molecule has 0 aliphatic carbocycles. The summed E-state index contributed by atoms with van der Waals surface area (Å²) in [4.78, 5) is 106. The Morgan fingerprint density at radius 1 is 0.500 bits per heavy atom. The Kier molecular flexibility index (Phi) is 21.2. The van der Waals surface area contributed by atoms with Crippen molar-refractivity contribution in [3.8, 4) is 0 Å². The number of likely N-dealkylation sites (tertiary alicyclic amines) is 4. The molecule has 8 amide bonds. The summed E-state index contributed by atoms with van der Waals surface area (Å²) in [6, 6.07) is 19.7. The van der Waals surface area contributed by atoms with Gasteiger partial charge >= 0.3 is 0 Å². The number of nitrogens with two attached hydrogens (primary N) is 1. The molecule has 12 aliphatic heterocycles. The minimum Gasteiger partial charge on any atom is -0.451 e. The Bertz CT molecular complexity index is 2720. The molecule has 12 heterocycles. The van der Waals surface area contributed by atoms with E-state index in [2.05, 4.69) is 10.3 Å². The topological polar surface area (TPSA) is 259 Å². The van der Waals surface area contributed by atoms with E-state index >= 15 is 0 Å². The number of nitrogens with zero attached hydrogens (tertiary/aromatic N) is 4. The zero-order valence-corrected chi connectivity index (χ0v) is 45.1. The lowest BCUT2D eigenvalue weighted by Crippen LogP contribution is -2.76. The highest BCUT2D eigenvalue weighted by Crippen LogP contribution is 2.48. The minimum absolute atomic E-state index is 0. The molecule has 8 saturated heterocycles. The van der Waals surface area contributed by atoms with E-state index in [4.69, 9.17) is 29.7 Å². The van der Waals surface area contributed by atoms with Crippen LogP contribution in [-0.4, -0.2) is 166 Å². The van der Waals surface area contributed by atoms with Crippen molar-refractivity contribution in [1.29, 1.82) is 0 Å². The van der Waals surface area contributed by atoms with Crippen molar-refractivity contribution in [2.45, 2.75) is 118 Å². The third-order valence-electron chi connectivity index (χ3n) is 16.1. The van der Waals surface area contributed by atoms with Gasteiger partial charge in [-0.3, -0.25) is 68.7 Å². The molecule has 2 aromatic rings. The van der Waals surface area contributed by atoms with Crippen molar-refractivity contribution in [3.05, 3.63) is 128 Å². The summed E-state index contributed by atoms with van der Waals surface area (Å²) in [6.07, 6.45) is 14.5. The van der Waals surface area contributed by atoms with Crippen molar-refractivity contribution >= 4 is 60.0 Å². The van der Waals surface area contributed by atoms with Crippen LogP contribution in [0.15, 0.2) is 109 Å². The van der Waals surface area contributed by atoms with Crippen LogP contribution in [0.2, 0.25) is 13.6 Å². The molecule has 16 unspecified atom stereocenters. The molecule has 0 aromatic heterocycles.